The van der Waals surface area contributed by atoms with Crippen molar-refractivity contribution in [1.29, 1.82) is 0 Å². The number of hydrogen-bond donors (Lipinski definition) is 1. The van der Waals surface area contributed by atoms with Gasteiger partial charge in [-0.25, -0.2) is 13.4 Å². The summed E-state index contributed by atoms with van der Waals surface area (Å²) in [5.41, 5.74) is 0. The lowest BCUT2D eigenvalue weighted by Crippen LogP contribution is -2.45. The lowest BCUT2D eigenvalue weighted by Gasteiger charge is -2.31. The molecule has 1 fully saturated rings. The molecule has 0 bridgehead atoms. The smallest absolute Gasteiger partial charge is 0.319 e. The number of hydrogen-bond acceptors (Lipinski definition) is 4. The second kappa shape index (κ2) is 9.19. The van der Waals surface area contributed by atoms with Gasteiger partial charge in [-0.05, 0) is 37.1 Å². The van der Waals surface area contributed by atoms with Crippen molar-refractivity contribution in [2.24, 2.45) is 5.92 Å². The molecule has 1 N–H and O–H groups in total. The van der Waals surface area contributed by atoms with E-state index in [0.717, 1.165) is 4.57 Å². The molecule has 2 aromatic rings. The third-order valence-electron chi connectivity index (χ3n) is 4.81. The zero-order valence-electron chi connectivity index (χ0n) is 15.5. The van der Waals surface area contributed by atoms with Crippen molar-refractivity contribution in [1.82, 2.24) is 19.2 Å². The van der Waals surface area contributed by atoms with Gasteiger partial charge in [-0.2, -0.15) is 13.1 Å². The van der Waals surface area contributed by atoms with Gasteiger partial charge in [-0.15, -0.1) is 0 Å². The fourth-order valence-electron chi connectivity index (χ4n) is 3.29. The van der Waals surface area contributed by atoms with Gasteiger partial charge in [0.05, 0.1) is 10.8 Å². The normalized spacial score (nSPS) is 18.1. The molecule has 1 aliphatic heterocycles. The molecule has 158 valence electrons. The van der Waals surface area contributed by atoms with Crippen LogP contribution in [0, 0.1) is 5.92 Å². The highest BCUT2D eigenvalue weighted by Gasteiger charge is 2.33. The number of benzene rings is 1. The minimum atomic E-state index is -3.72. The predicted molar refractivity (Wildman–Crippen MR) is 103 cm³/mol. The van der Waals surface area contributed by atoms with Crippen molar-refractivity contribution < 1.29 is 22.0 Å². The van der Waals surface area contributed by atoms with E-state index in [0.29, 0.717) is 24.4 Å². The summed E-state index contributed by atoms with van der Waals surface area (Å²) < 4.78 is 53.3. The summed E-state index contributed by atoms with van der Waals surface area (Å²) in [5.74, 6) is -0.618. The molecule has 3 rings (SSSR count). The zero-order chi connectivity index (χ0) is 21.0. The van der Waals surface area contributed by atoms with Crippen LogP contribution >= 0.6 is 11.6 Å². The minimum absolute atomic E-state index is 0.0719. The maximum absolute atomic E-state index is 12.8. The molecule has 0 spiro atoms. The summed E-state index contributed by atoms with van der Waals surface area (Å²) in [4.78, 5) is 16.5. The van der Waals surface area contributed by atoms with E-state index in [1.807, 2.05) is 0 Å². The van der Waals surface area contributed by atoms with Crippen LogP contribution in [-0.4, -0.2) is 47.8 Å². The molecule has 1 amide bonds. The van der Waals surface area contributed by atoms with Gasteiger partial charge in [0.1, 0.15) is 5.82 Å². The van der Waals surface area contributed by atoms with E-state index in [-0.39, 0.29) is 36.1 Å². The van der Waals surface area contributed by atoms with E-state index in [4.69, 9.17) is 11.6 Å². The monoisotopic (exact) mass is 446 g/mol. The quantitative estimate of drug-likeness (QED) is 0.708. The number of amides is 1. The molecule has 29 heavy (non-hydrogen) atoms. The highest BCUT2D eigenvalue weighted by atomic mass is 35.5. The first-order chi connectivity index (χ1) is 13.8. The molecule has 1 atom stereocenters. The zero-order valence-corrected chi connectivity index (χ0v) is 17.0. The first kappa shape index (κ1) is 21.7. The molecule has 11 heteroatoms. The Morgan fingerprint density at radius 1 is 1.31 bits per heavy atom. The number of piperidine rings is 1. The second-order valence-electron chi connectivity index (χ2n) is 6.73. The van der Waals surface area contributed by atoms with Crippen LogP contribution in [0.3, 0.4) is 0 Å². The van der Waals surface area contributed by atoms with Crippen LogP contribution in [0.25, 0.3) is 0 Å². The van der Waals surface area contributed by atoms with Gasteiger partial charge in [0.2, 0.25) is 15.9 Å². The number of rotatable bonds is 7. The van der Waals surface area contributed by atoms with Crippen molar-refractivity contribution in [2.45, 2.75) is 30.7 Å². The average molecular weight is 447 g/mol. The minimum Gasteiger partial charge on any atom is -0.355 e. The largest absolute Gasteiger partial charge is 0.355 e. The van der Waals surface area contributed by atoms with E-state index < -0.39 is 22.5 Å². The Balaban J connectivity index is 1.57. The van der Waals surface area contributed by atoms with Crippen LogP contribution in [-0.2, 0) is 21.2 Å². The van der Waals surface area contributed by atoms with E-state index >= 15 is 0 Å². The summed E-state index contributed by atoms with van der Waals surface area (Å²) in [5, 5.41) is 3.14. The molecular formula is C18H21ClF2N4O3S. The van der Waals surface area contributed by atoms with Crippen molar-refractivity contribution in [3.63, 3.8) is 0 Å². The summed E-state index contributed by atoms with van der Waals surface area (Å²) in [6.45, 7) is -2.14. The third kappa shape index (κ3) is 5.12. The molecule has 0 radical (unpaired) electrons. The first-order valence-electron chi connectivity index (χ1n) is 9.12. The fourth-order valence-corrected chi connectivity index (χ4v) is 4.94. The molecule has 0 saturated carbocycles. The SMILES string of the molecule is O=C(NCCc1nccn1C(F)F)C1CCCN(S(=O)(=O)c2ccc(Cl)cc2)C1. The number of imidazole rings is 1. The van der Waals surface area contributed by atoms with Gasteiger partial charge in [-0.1, -0.05) is 11.6 Å². The number of aromatic nitrogens is 2. The molecule has 1 unspecified atom stereocenters. The maximum atomic E-state index is 12.8. The summed E-state index contributed by atoms with van der Waals surface area (Å²) >= 11 is 5.82. The van der Waals surface area contributed by atoms with Crippen LogP contribution in [0.5, 0.6) is 0 Å². The highest BCUT2D eigenvalue weighted by Crippen LogP contribution is 2.25. The van der Waals surface area contributed by atoms with Gasteiger partial charge in [-0.3, -0.25) is 9.36 Å². The van der Waals surface area contributed by atoms with Gasteiger partial charge in [0.25, 0.3) is 0 Å². The number of halogens is 3. The Labute approximate surface area is 172 Å². The van der Waals surface area contributed by atoms with E-state index in [1.54, 1.807) is 0 Å². The van der Waals surface area contributed by atoms with Crippen LogP contribution in [0.4, 0.5) is 8.78 Å². The van der Waals surface area contributed by atoms with Gasteiger partial charge >= 0.3 is 6.55 Å². The predicted octanol–water partition coefficient (Wildman–Crippen LogP) is 2.69. The maximum Gasteiger partial charge on any atom is 0.319 e. The molecule has 0 aliphatic carbocycles. The topological polar surface area (TPSA) is 84.3 Å². The Morgan fingerprint density at radius 2 is 2.03 bits per heavy atom. The molecule has 1 saturated heterocycles. The summed E-state index contributed by atoms with van der Waals surface area (Å²) in [7, 11) is -3.72. The van der Waals surface area contributed by atoms with E-state index in [1.165, 1.54) is 41.0 Å². The number of sulfonamides is 1. The van der Waals surface area contributed by atoms with Crippen LogP contribution in [0.2, 0.25) is 5.02 Å². The fraction of sp³-hybridized carbons (Fsp3) is 0.444. The van der Waals surface area contributed by atoms with Crippen molar-refractivity contribution in [3.8, 4) is 0 Å². The highest BCUT2D eigenvalue weighted by molar-refractivity contribution is 7.89. The Kier molecular flexibility index (Phi) is 6.86. The molecular weight excluding hydrogens is 426 g/mol. The van der Waals surface area contributed by atoms with E-state index in [2.05, 4.69) is 10.3 Å². The van der Waals surface area contributed by atoms with Gasteiger partial charge in [0, 0.05) is 43.5 Å². The number of carbonyl (C=O) groups excluding carboxylic acids is 1. The number of nitrogens with one attached hydrogen (secondary N) is 1. The van der Waals surface area contributed by atoms with E-state index in [9.17, 15) is 22.0 Å². The van der Waals surface area contributed by atoms with Gasteiger partial charge in [0.15, 0.2) is 0 Å². The van der Waals surface area contributed by atoms with Crippen molar-refractivity contribution in [2.75, 3.05) is 19.6 Å². The Bertz CT molecular complexity index is 950. The lowest BCUT2D eigenvalue weighted by atomic mass is 9.99. The molecule has 2 heterocycles. The standard InChI is InChI=1S/C18H21ClF2N4O3S/c19-14-3-5-15(6-4-14)29(27,28)24-10-1-2-13(12-24)17(26)23-8-7-16-22-9-11-25(16)18(20)21/h3-6,9,11,13,18H,1-2,7-8,10,12H2,(H,23,26). The van der Waals surface area contributed by atoms with Crippen LogP contribution in [0.1, 0.15) is 25.2 Å². The van der Waals surface area contributed by atoms with Gasteiger partial charge < -0.3 is 5.32 Å². The molecule has 1 aliphatic rings. The van der Waals surface area contributed by atoms with Crippen LogP contribution < -0.4 is 5.32 Å². The second-order valence-corrected chi connectivity index (χ2v) is 9.10. The Hall–Kier alpha value is -2.04. The lowest BCUT2D eigenvalue weighted by molar-refractivity contribution is -0.126. The summed E-state index contributed by atoms with van der Waals surface area (Å²) in [6, 6.07) is 5.89. The average Bonchev–Trinajstić information content (AvgIpc) is 3.17. The number of nitrogens with zero attached hydrogens (tertiary/aromatic N) is 3. The number of carbonyl (C=O) groups is 1. The Morgan fingerprint density at radius 3 is 2.72 bits per heavy atom. The molecule has 1 aromatic carbocycles. The van der Waals surface area contributed by atoms with Crippen LogP contribution in [0.15, 0.2) is 41.6 Å². The first-order valence-corrected chi connectivity index (χ1v) is 10.9. The van der Waals surface area contributed by atoms with Crippen molar-refractivity contribution in [3.05, 3.63) is 47.5 Å². The van der Waals surface area contributed by atoms with Crippen molar-refractivity contribution >= 4 is 27.5 Å². The molecule has 1 aromatic heterocycles. The summed E-state index contributed by atoms with van der Waals surface area (Å²) in [6.07, 6.45) is 3.74. The number of alkyl halides is 2. The molecule has 7 nitrogen and oxygen atoms in total. The third-order valence-corrected chi connectivity index (χ3v) is 6.94.